The molecule has 1 N–H and O–H groups in total. The Kier molecular flexibility index (Phi) is 4.04. The highest BCUT2D eigenvalue weighted by Gasteiger charge is 2.33. The largest absolute Gasteiger partial charge is 0.450 e. The van der Waals surface area contributed by atoms with Crippen LogP contribution in [-0.4, -0.2) is 36.6 Å². The first-order chi connectivity index (χ1) is 10.9. The minimum Gasteiger partial charge on any atom is -0.450 e. The summed E-state index contributed by atoms with van der Waals surface area (Å²) in [5.74, 6) is 0.0734. The van der Waals surface area contributed by atoms with E-state index >= 15 is 0 Å². The van der Waals surface area contributed by atoms with Gasteiger partial charge in [-0.2, -0.15) is 0 Å². The molecule has 0 unspecified atom stereocenters. The zero-order chi connectivity index (χ0) is 16.6. The van der Waals surface area contributed by atoms with Crippen LogP contribution in [0.1, 0.15) is 43.9 Å². The third-order valence-corrected chi connectivity index (χ3v) is 4.77. The number of amides is 2. The number of nitrogens with one attached hydrogen (secondary N) is 1. The van der Waals surface area contributed by atoms with E-state index in [9.17, 15) is 9.59 Å². The normalized spacial score (nSPS) is 19.3. The van der Waals surface area contributed by atoms with Crippen molar-refractivity contribution in [1.82, 2.24) is 4.90 Å². The Balaban J connectivity index is 1.89. The Morgan fingerprint density at radius 3 is 2.57 bits per heavy atom. The van der Waals surface area contributed by atoms with Crippen LogP contribution in [0.25, 0.3) is 0 Å². The molecule has 1 aromatic rings. The monoisotopic (exact) mass is 316 g/mol. The molecule has 0 aromatic heterocycles. The summed E-state index contributed by atoms with van der Waals surface area (Å²) < 4.78 is 5.11. The molecule has 5 heteroatoms. The van der Waals surface area contributed by atoms with Crippen molar-refractivity contribution in [2.75, 3.05) is 25.0 Å². The van der Waals surface area contributed by atoms with Gasteiger partial charge >= 0.3 is 6.09 Å². The molecule has 0 radical (unpaired) electrons. The Morgan fingerprint density at radius 1 is 1.26 bits per heavy atom. The van der Waals surface area contributed by atoms with Crippen LogP contribution in [0.4, 0.5) is 10.5 Å². The fourth-order valence-electron chi connectivity index (χ4n) is 3.53. The Morgan fingerprint density at radius 2 is 1.91 bits per heavy atom. The van der Waals surface area contributed by atoms with Gasteiger partial charge in [0.15, 0.2) is 0 Å². The minimum absolute atomic E-state index is 0.0734. The lowest BCUT2D eigenvalue weighted by Gasteiger charge is -2.33. The molecule has 0 saturated heterocycles. The molecule has 23 heavy (non-hydrogen) atoms. The fraction of sp³-hybridized carbons (Fsp3) is 0.556. The average Bonchev–Trinajstić information content (AvgIpc) is 2.67. The van der Waals surface area contributed by atoms with Crippen molar-refractivity contribution in [3.05, 3.63) is 28.8 Å². The second-order valence-electron chi connectivity index (χ2n) is 6.96. The van der Waals surface area contributed by atoms with E-state index in [4.69, 9.17) is 4.74 Å². The second kappa shape index (κ2) is 5.87. The standard InChI is InChI=1S/C18H24N2O3/c1-4-23-17(22)20-7-5-12-9-14-15(10-13(12)6-8-20)19-16(21)11-18(14,2)3/h9-10H,4-8,11H2,1-3H3,(H,19,21). The molecule has 3 rings (SSSR count). The summed E-state index contributed by atoms with van der Waals surface area (Å²) >= 11 is 0. The van der Waals surface area contributed by atoms with Gasteiger partial charge in [-0.25, -0.2) is 4.79 Å². The molecule has 2 heterocycles. The van der Waals surface area contributed by atoms with Crippen molar-refractivity contribution in [1.29, 1.82) is 0 Å². The molecular formula is C18H24N2O3. The van der Waals surface area contributed by atoms with Gasteiger partial charge in [-0.05, 0) is 42.5 Å². The molecule has 1 aromatic carbocycles. The summed E-state index contributed by atoms with van der Waals surface area (Å²) in [7, 11) is 0. The quantitative estimate of drug-likeness (QED) is 0.866. The number of carbonyl (C=O) groups is 2. The van der Waals surface area contributed by atoms with Crippen molar-refractivity contribution in [3.8, 4) is 0 Å². The lowest BCUT2D eigenvalue weighted by atomic mass is 9.76. The summed E-state index contributed by atoms with van der Waals surface area (Å²) in [5.41, 5.74) is 4.46. The van der Waals surface area contributed by atoms with Gasteiger partial charge in [-0.1, -0.05) is 19.9 Å². The molecule has 0 aliphatic carbocycles. The molecular weight excluding hydrogens is 292 g/mol. The molecule has 5 nitrogen and oxygen atoms in total. The number of hydrogen-bond acceptors (Lipinski definition) is 3. The van der Waals surface area contributed by atoms with Gasteiger partial charge in [0.05, 0.1) is 6.61 Å². The van der Waals surface area contributed by atoms with Crippen LogP contribution >= 0.6 is 0 Å². The Bertz CT molecular complexity index is 652. The van der Waals surface area contributed by atoms with Gasteiger partial charge in [-0.15, -0.1) is 0 Å². The van der Waals surface area contributed by atoms with Crippen LogP contribution in [-0.2, 0) is 27.8 Å². The number of fused-ring (bicyclic) bond motifs is 2. The van der Waals surface area contributed by atoms with Crippen molar-refractivity contribution in [2.24, 2.45) is 0 Å². The first kappa shape index (κ1) is 15.8. The first-order valence-corrected chi connectivity index (χ1v) is 8.28. The number of nitrogens with zero attached hydrogens (tertiary/aromatic N) is 1. The minimum atomic E-state index is -0.237. The molecule has 2 amide bonds. The summed E-state index contributed by atoms with van der Waals surface area (Å²) in [6.45, 7) is 7.77. The van der Waals surface area contributed by atoms with Gasteiger partial charge in [0.1, 0.15) is 0 Å². The van der Waals surface area contributed by atoms with Crippen LogP contribution in [0.3, 0.4) is 0 Å². The predicted octanol–water partition coefficient (Wildman–Crippen LogP) is 2.86. The molecule has 0 bridgehead atoms. The third kappa shape index (κ3) is 3.05. The van der Waals surface area contributed by atoms with E-state index in [1.807, 2.05) is 6.92 Å². The molecule has 0 atom stereocenters. The van der Waals surface area contributed by atoms with E-state index in [-0.39, 0.29) is 17.4 Å². The van der Waals surface area contributed by atoms with E-state index in [1.165, 1.54) is 16.7 Å². The van der Waals surface area contributed by atoms with E-state index in [0.717, 1.165) is 18.5 Å². The SMILES string of the molecule is CCOC(=O)N1CCc2cc3c(cc2CC1)C(C)(C)CC(=O)N3. The van der Waals surface area contributed by atoms with Crippen LogP contribution in [0.2, 0.25) is 0 Å². The van der Waals surface area contributed by atoms with E-state index in [2.05, 4.69) is 31.3 Å². The van der Waals surface area contributed by atoms with Crippen molar-refractivity contribution >= 4 is 17.7 Å². The van der Waals surface area contributed by atoms with Gasteiger partial charge in [0.2, 0.25) is 5.91 Å². The van der Waals surface area contributed by atoms with Crippen LogP contribution in [0.15, 0.2) is 12.1 Å². The second-order valence-corrected chi connectivity index (χ2v) is 6.96. The lowest BCUT2D eigenvalue weighted by molar-refractivity contribution is -0.117. The zero-order valence-corrected chi connectivity index (χ0v) is 14.1. The number of benzene rings is 1. The maximum atomic E-state index is 12.0. The maximum absolute atomic E-state index is 12.0. The molecule has 124 valence electrons. The molecule has 0 fully saturated rings. The van der Waals surface area contributed by atoms with Crippen LogP contribution < -0.4 is 5.32 Å². The van der Waals surface area contributed by atoms with Gasteiger partial charge in [0.25, 0.3) is 0 Å². The van der Waals surface area contributed by atoms with E-state index in [1.54, 1.807) is 4.90 Å². The summed E-state index contributed by atoms with van der Waals surface area (Å²) in [4.78, 5) is 25.6. The summed E-state index contributed by atoms with van der Waals surface area (Å²) in [6, 6.07) is 4.32. The number of rotatable bonds is 1. The molecule has 0 spiro atoms. The molecule has 0 saturated carbocycles. The third-order valence-electron chi connectivity index (χ3n) is 4.77. The topological polar surface area (TPSA) is 58.6 Å². The lowest BCUT2D eigenvalue weighted by Crippen LogP contribution is -2.33. The molecule has 2 aliphatic rings. The smallest absolute Gasteiger partial charge is 0.409 e. The number of anilines is 1. The Labute approximate surface area is 137 Å². The number of hydrogen-bond donors (Lipinski definition) is 1. The molecule has 2 aliphatic heterocycles. The highest BCUT2D eigenvalue weighted by molar-refractivity contribution is 5.95. The highest BCUT2D eigenvalue weighted by Crippen LogP contribution is 2.39. The van der Waals surface area contributed by atoms with Gasteiger partial charge < -0.3 is 15.0 Å². The summed E-state index contributed by atoms with van der Waals surface area (Å²) in [5, 5.41) is 3.00. The van der Waals surface area contributed by atoms with Crippen LogP contribution in [0, 0.1) is 0 Å². The van der Waals surface area contributed by atoms with Crippen LogP contribution in [0.5, 0.6) is 0 Å². The number of ether oxygens (including phenoxy) is 1. The summed E-state index contributed by atoms with van der Waals surface area (Å²) in [6.07, 6.45) is 1.88. The average molecular weight is 316 g/mol. The van der Waals surface area contributed by atoms with Gasteiger partial charge in [0, 0.05) is 30.6 Å². The highest BCUT2D eigenvalue weighted by atomic mass is 16.6. The Hall–Kier alpha value is -2.04. The first-order valence-electron chi connectivity index (χ1n) is 8.28. The number of carbonyl (C=O) groups excluding carboxylic acids is 2. The fourth-order valence-corrected chi connectivity index (χ4v) is 3.53. The maximum Gasteiger partial charge on any atom is 0.409 e. The van der Waals surface area contributed by atoms with Gasteiger partial charge in [-0.3, -0.25) is 4.79 Å². The predicted molar refractivity (Wildman–Crippen MR) is 88.7 cm³/mol. The van der Waals surface area contributed by atoms with E-state index < -0.39 is 0 Å². The van der Waals surface area contributed by atoms with Crippen molar-refractivity contribution in [3.63, 3.8) is 0 Å². The van der Waals surface area contributed by atoms with E-state index in [0.29, 0.717) is 26.1 Å². The van der Waals surface area contributed by atoms with Crippen molar-refractivity contribution in [2.45, 2.75) is 45.4 Å². The van der Waals surface area contributed by atoms with Crippen molar-refractivity contribution < 1.29 is 14.3 Å². The zero-order valence-electron chi connectivity index (χ0n) is 14.1.